The topological polar surface area (TPSA) is 48.1 Å². The summed E-state index contributed by atoms with van der Waals surface area (Å²) in [7, 11) is 0. The molecular weight excluding hydrogens is 288 g/mol. The molecule has 0 radical (unpaired) electrons. The van der Waals surface area contributed by atoms with Crippen molar-refractivity contribution in [3.05, 3.63) is 29.8 Å². The summed E-state index contributed by atoms with van der Waals surface area (Å²) in [6.07, 6.45) is 4.93. The van der Waals surface area contributed by atoms with Crippen LogP contribution in [0.4, 0.5) is 5.69 Å². The molecule has 1 aromatic rings. The van der Waals surface area contributed by atoms with Crippen LogP contribution in [0.5, 0.6) is 0 Å². The molecule has 6 heteroatoms. The van der Waals surface area contributed by atoms with E-state index in [1.165, 1.54) is 31.2 Å². The maximum atomic E-state index is 5.22. The van der Waals surface area contributed by atoms with E-state index in [2.05, 4.69) is 21.5 Å². The summed E-state index contributed by atoms with van der Waals surface area (Å²) in [5.74, 6) is 0. The number of anilines is 1. The maximum absolute atomic E-state index is 5.22. The minimum Gasteiger partial charge on any atom is -0.359 e. The third-order valence-corrected chi connectivity index (χ3v) is 3.68. The molecule has 1 saturated carbocycles. The van der Waals surface area contributed by atoms with Crippen molar-refractivity contribution >= 4 is 40.3 Å². The summed E-state index contributed by atoms with van der Waals surface area (Å²) in [4.78, 5) is 0. The molecule has 0 aromatic heterocycles. The smallest absolute Gasteiger partial charge is 0.189 e. The number of nitrogens with one attached hydrogen (secondary N) is 4. The fourth-order valence-electron chi connectivity index (χ4n) is 2.29. The minimum atomic E-state index is 0.492. The van der Waals surface area contributed by atoms with E-state index < -0.39 is 0 Å². The van der Waals surface area contributed by atoms with Crippen molar-refractivity contribution in [3.8, 4) is 0 Å². The van der Waals surface area contributed by atoms with Gasteiger partial charge in [0.15, 0.2) is 10.2 Å². The van der Waals surface area contributed by atoms with Crippen LogP contribution in [-0.2, 0) is 0 Å². The minimum absolute atomic E-state index is 0.492. The molecule has 0 amide bonds. The highest BCUT2D eigenvalue weighted by molar-refractivity contribution is 7.80. The van der Waals surface area contributed by atoms with E-state index >= 15 is 0 Å². The van der Waals surface area contributed by atoms with Gasteiger partial charge in [-0.3, -0.25) is 10.9 Å². The van der Waals surface area contributed by atoms with E-state index in [0.717, 1.165) is 5.69 Å². The Labute approximate surface area is 130 Å². The fourth-order valence-corrected chi connectivity index (χ4v) is 2.68. The van der Waals surface area contributed by atoms with E-state index in [4.69, 9.17) is 24.4 Å². The summed E-state index contributed by atoms with van der Waals surface area (Å²) in [5, 5.41) is 7.46. The highest BCUT2D eigenvalue weighted by Crippen LogP contribution is 2.17. The van der Waals surface area contributed by atoms with Crippen LogP contribution in [0.2, 0.25) is 0 Å². The standard InChI is InChI=1S/C14H20N4S2/c1-10-5-4-8-12(9-10)16-14(20)18-17-13(19)15-11-6-2-3-7-11/h4-5,8-9,11H,2-3,6-7H2,1H3,(H2,15,17,19)(H2,16,18,20). The number of hydrazine groups is 1. The van der Waals surface area contributed by atoms with Gasteiger partial charge in [-0.15, -0.1) is 0 Å². The molecule has 1 aromatic carbocycles. The lowest BCUT2D eigenvalue weighted by Crippen LogP contribution is -2.50. The molecule has 20 heavy (non-hydrogen) atoms. The molecule has 0 atom stereocenters. The van der Waals surface area contributed by atoms with Crippen LogP contribution in [0.15, 0.2) is 24.3 Å². The Morgan fingerprint density at radius 3 is 2.50 bits per heavy atom. The van der Waals surface area contributed by atoms with Crippen molar-refractivity contribution in [1.82, 2.24) is 16.2 Å². The SMILES string of the molecule is Cc1cccc(NC(=S)NNC(=S)NC2CCCC2)c1. The number of hydrogen-bond donors (Lipinski definition) is 4. The summed E-state index contributed by atoms with van der Waals surface area (Å²) < 4.78 is 0. The summed E-state index contributed by atoms with van der Waals surface area (Å²) in [6, 6.07) is 8.52. The molecule has 0 bridgehead atoms. The van der Waals surface area contributed by atoms with Crippen LogP contribution in [0, 0.1) is 6.92 Å². The number of aryl methyl sites for hydroxylation is 1. The predicted octanol–water partition coefficient (Wildman–Crippen LogP) is 2.60. The van der Waals surface area contributed by atoms with Crippen molar-refractivity contribution in [2.24, 2.45) is 0 Å². The number of thiocarbonyl (C=S) groups is 2. The molecule has 0 heterocycles. The van der Waals surface area contributed by atoms with Gasteiger partial charge in [0.05, 0.1) is 0 Å². The first-order valence-corrected chi connectivity index (χ1v) is 7.65. The van der Waals surface area contributed by atoms with Crippen LogP contribution in [0.1, 0.15) is 31.2 Å². The molecule has 2 rings (SSSR count). The van der Waals surface area contributed by atoms with Gasteiger partial charge in [0.1, 0.15) is 0 Å². The normalized spacial score (nSPS) is 14.7. The third kappa shape index (κ3) is 4.94. The molecule has 1 aliphatic rings. The van der Waals surface area contributed by atoms with E-state index in [9.17, 15) is 0 Å². The molecule has 0 spiro atoms. The van der Waals surface area contributed by atoms with E-state index in [1.807, 2.05) is 31.2 Å². The van der Waals surface area contributed by atoms with E-state index in [-0.39, 0.29) is 0 Å². The molecule has 1 fully saturated rings. The predicted molar refractivity (Wildman–Crippen MR) is 91.7 cm³/mol. The molecule has 4 nitrogen and oxygen atoms in total. The van der Waals surface area contributed by atoms with Crippen LogP contribution < -0.4 is 21.5 Å². The maximum Gasteiger partial charge on any atom is 0.189 e. The summed E-state index contributed by atoms with van der Waals surface area (Å²) >= 11 is 10.4. The van der Waals surface area contributed by atoms with Crippen LogP contribution in [0.25, 0.3) is 0 Å². The molecule has 0 saturated heterocycles. The highest BCUT2D eigenvalue weighted by Gasteiger charge is 2.15. The lowest BCUT2D eigenvalue weighted by molar-refractivity contribution is 0.618. The first-order valence-electron chi connectivity index (χ1n) is 6.83. The first kappa shape index (κ1) is 15.0. The Morgan fingerprint density at radius 2 is 1.80 bits per heavy atom. The second-order valence-corrected chi connectivity index (χ2v) is 5.84. The third-order valence-electron chi connectivity index (χ3n) is 3.26. The number of benzene rings is 1. The Kier molecular flexibility index (Phi) is 5.55. The zero-order valence-electron chi connectivity index (χ0n) is 11.5. The molecular formula is C14H20N4S2. The molecule has 1 aliphatic carbocycles. The second kappa shape index (κ2) is 7.40. The largest absolute Gasteiger partial charge is 0.359 e. The van der Waals surface area contributed by atoms with Gasteiger partial charge in [-0.25, -0.2) is 0 Å². The van der Waals surface area contributed by atoms with Gasteiger partial charge in [0.25, 0.3) is 0 Å². The lowest BCUT2D eigenvalue weighted by atomic mass is 10.2. The molecule has 0 unspecified atom stereocenters. The van der Waals surface area contributed by atoms with Crippen molar-refractivity contribution in [1.29, 1.82) is 0 Å². The van der Waals surface area contributed by atoms with Gasteiger partial charge in [-0.1, -0.05) is 25.0 Å². The first-order chi connectivity index (χ1) is 9.63. The average molecular weight is 308 g/mol. The highest BCUT2D eigenvalue weighted by atomic mass is 32.1. The monoisotopic (exact) mass is 308 g/mol. The van der Waals surface area contributed by atoms with Crippen molar-refractivity contribution in [2.75, 3.05) is 5.32 Å². The van der Waals surface area contributed by atoms with Gasteiger partial charge >= 0.3 is 0 Å². The Hall–Kier alpha value is -1.40. The van der Waals surface area contributed by atoms with Gasteiger partial charge in [-0.2, -0.15) is 0 Å². The van der Waals surface area contributed by atoms with Crippen molar-refractivity contribution in [3.63, 3.8) is 0 Å². The summed E-state index contributed by atoms with van der Waals surface area (Å²) in [6.45, 7) is 2.04. The zero-order valence-corrected chi connectivity index (χ0v) is 13.2. The quantitative estimate of drug-likeness (QED) is 0.498. The van der Waals surface area contributed by atoms with Crippen LogP contribution in [-0.4, -0.2) is 16.3 Å². The van der Waals surface area contributed by atoms with Gasteiger partial charge < -0.3 is 10.6 Å². The van der Waals surface area contributed by atoms with Crippen molar-refractivity contribution < 1.29 is 0 Å². The second-order valence-electron chi connectivity index (χ2n) is 5.03. The molecule has 0 aliphatic heterocycles. The molecule has 108 valence electrons. The van der Waals surface area contributed by atoms with E-state index in [0.29, 0.717) is 16.3 Å². The van der Waals surface area contributed by atoms with Gasteiger partial charge in [0, 0.05) is 11.7 Å². The number of hydrogen-bond acceptors (Lipinski definition) is 2. The van der Waals surface area contributed by atoms with Crippen molar-refractivity contribution in [2.45, 2.75) is 38.6 Å². The van der Waals surface area contributed by atoms with Gasteiger partial charge in [0.2, 0.25) is 0 Å². The Bertz CT molecular complexity index is 484. The average Bonchev–Trinajstić information content (AvgIpc) is 2.89. The van der Waals surface area contributed by atoms with Crippen LogP contribution in [0.3, 0.4) is 0 Å². The van der Waals surface area contributed by atoms with Gasteiger partial charge in [-0.05, 0) is 61.9 Å². The Balaban J connectivity index is 1.70. The lowest BCUT2D eigenvalue weighted by Gasteiger charge is -2.17. The summed E-state index contributed by atoms with van der Waals surface area (Å²) in [5.41, 5.74) is 7.94. The Morgan fingerprint density at radius 1 is 1.10 bits per heavy atom. The van der Waals surface area contributed by atoms with E-state index in [1.54, 1.807) is 0 Å². The molecule has 4 N–H and O–H groups in total. The van der Waals surface area contributed by atoms with Crippen LogP contribution >= 0.6 is 24.4 Å². The zero-order chi connectivity index (χ0) is 14.4. The number of rotatable bonds is 2. The fraction of sp³-hybridized carbons (Fsp3) is 0.429.